The molecule has 1 unspecified atom stereocenters. The second-order valence-electron chi connectivity index (χ2n) is 9.33. The van der Waals surface area contributed by atoms with E-state index >= 15 is 0 Å². The Labute approximate surface area is 159 Å². The highest BCUT2D eigenvalue weighted by atomic mass is 19.1. The van der Waals surface area contributed by atoms with Crippen LogP contribution in [0.2, 0.25) is 0 Å². The number of carbonyl (C=O) groups is 1. The van der Waals surface area contributed by atoms with Gasteiger partial charge in [0.1, 0.15) is 5.52 Å². The molecule has 2 aliphatic carbocycles. The first kappa shape index (κ1) is 18.4. The van der Waals surface area contributed by atoms with E-state index in [1.54, 1.807) is 0 Å². The number of aromatic nitrogens is 2. The third kappa shape index (κ3) is 3.72. The Morgan fingerprint density at radius 1 is 1.33 bits per heavy atom. The molecule has 1 aromatic carbocycles. The van der Waals surface area contributed by atoms with E-state index in [2.05, 4.69) is 10.3 Å². The van der Waals surface area contributed by atoms with Gasteiger partial charge >= 0.3 is 0 Å². The predicted octanol–water partition coefficient (Wildman–Crippen LogP) is 4.72. The Hall–Kier alpha value is -1.95. The molecule has 0 spiro atoms. The van der Waals surface area contributed by atoms with E-state index in [4.69, 9.17) is 0 Å². The zero-order chi connectivity index (χ0) is 19.3. The van der Waals surface area contributed by atoms with E-state index in [0.717, 1.165) is 32.1 Å². The molecule has 6 heteroatoms. The molecule has 0 radical (unpaired) electrons. The number of aliphatic hydroxyl groups is 1. The quantitative estimate of drug-likeness (QED) is 0.797. The van der Waals surface area contributed by atoms with Crippen LogP contribution in [0.1, 0.15) is 77.0 Å². The van der Waals surface area contributed by atoms with Crippen LogP contribution >= 0.6 is 0 Å². The van der Waals surface area contributed by atoms with E-state index in [-0.39, 0.29) is 28.8 Å². The van der Waals surface area contributed by atoms with Crippen molar-refractivity contribution in [1.82, 2.24) is 9.55 Å². The van der Waals surface area contributed by atoms with Gasteiger partial charge in [0.2, 0.25) is 11.9 Å². The van der Waals surface area contributed by atoms with Crippen molar-refractivity contribution in [2.45, 2.75) is 71.4 Å². The lowest BCUT2D eigenvalue weighted by molar-refractivity contribution is -0.117. The smallest absolute Gasteiger partial charge is 0.227 e. The van der Waals surface area contributed by atoms with Gasteiger partial charge in [0.05, 0.1) is 11.6 Å². The summed E-state index contributed by atoms with van der Waals surface area (Å²) in [5, 5.41) is 13.4. The van der Waals surface area contributed by atoms with Crippen LogP contribution in [0.25, 0.3) is 11.0 Å². The number of nitrogens with zero attached hydrogens (tertiary/aromatic N) is 2. The maximum atomic E-state index is 14.8. The van der Waals surface area contributed by atoms with Crippen LogP contribution in [-0.4, -0.2) is 20.6 Å². The molecule has 2 N–H and O–H groups in total. The SMILES string of the molecule is CC(C)(C)CC(=O)Nc1nc2c(F)cc(C(O)C3CC3)cc2n1C1CCC1. The van der Waals surface area contributed by atoms with E-state index in [9.17, 15) is 14.3 Å². The normalized spacial score (nSPS) is 19.1. The van der Waals surface area contributed by atoms with Crippen molar-refractivity contribution in [3.8, 4) is 0 Å². The second-order valence-corrected chi connectivity index (χ2v) is 9.33. The fourth-order valence-electron chi connectivity index (χ4n) is 3.78. The lowest BCUT2D eigenvalue weighted by Crippen LogP contribution is -2.24. The molecule has 2 aliphatic rings. The molecular formula is C21H28FN3O2. The van der Waals surface area contributed by atoms with Crippen LogP contribution in [0.15, 0.2) is 12.1 Å². The van der Waals surface area contributed by atoms with Gasteiger partial charge in [0, 0.05) is 12.5 Å². The fraction of sp³-hybridized carbons (Fsp3) is 0.619. The Balaban J connectivity index is 1.74. The molecular weight excluding hydrogens is 345 g/mol. The zero-order valence-electron chi connectivity index (χ0n) is 16.3. The summed E-state index contributed by atoms with van der Waals surface area (Å²) in [4.78, 5) is 16.9. The van der Waals surface area contributed by atoms with E-state index in [1.165, 1.54) is 6.07 Å². The van der Waals surface area contributed by atoms with Crippen molar-refractivity contribution < 1.29 is 14.3 Å². The van der Waals surface area contributed by atoms with Gasteiger partial charge < -0.3 is 9.67 Å². The molecule has 0 aliphatic heterocycles. The van der Waals surface area contributed by atoms with Gasteiger partial charge in [-0.3, -0.25) is 10.1 Å². The summed E-state index contributed by atoms with van der Waals surface area (Å²) in [6.45, 7) is 6.02. The molecule has 0 bridgehead atoms. The van der Waals surface area contributed by atoms with E-state index in [1.807, 2.05) is 31.4 Å². The third-order valence-corrected chi connectivity index (χ3v) is 5.56. The maximum absolute atomic E-state index is 14.8. The molecule has 4 rings (SSSR count). The fourth-order valence-corrected chi connectivity index (χ4v) is 3.78. The van der Waals surface area contributed by atoms with E-state index < -0.39 is 11.9 Å². The first-order valence-corrected chi connectivity index (χ1v) is 9.92. The van der Waals surface area contributed by atoms with Gasteiger partial charge in [-0.05, 0) is 61.1 Å². The molecule has 1 atom stereocenters. The van der Waals surface area contributed by atoms with Gasteiger partial charge in [-0.15, -0.1) is 0 Å². The van der Waals surface area contributed by atoms with Gasteiger partial charge in [0.25, 0.3) is 0 Å². The minimum atomic E-state index is -0.632. The number of fused-ring (bicyclic) bond motifs is 1. The number of nitrogens with one attached hydrogen (secondary N) is 1. The highest BCUT2D eigenvalue weighted by Gasteiger charge is 2.33. The first-order valence-electron chi connectivity index (χ1n) is 9.92. The lowest BCUT2D eigenvalue weighted by Gasteiger charge is -2.29. The number of anilines is 1. The Bertz CT molecular complexity index is 876. The molecule has 2 saturated carbocycles. The van der Waals surface area contributed by atoms with Crippen LogP contribution < -0.4 is 5.32 Å². The molecule has 2 fully saturated rings. The number of carbonyl (C=O) groups excluding carboxylic acids is 1. The zero-order valence-corrected chi connectivity index (χ0v) is 16.3. The molecule has 0 saturated heterocycles. The largest absolute Gasteiger partial charge is 0.388 e. The average molecular weight is 373 g/mol. The van der Waals surface area contributed by atoms with Crippen molar-refractivity contribution in [3.63, 3.8) is 0 Å². The number of imidazole rings is 1. The van der Waals surface area contributed by atoms with Crippen molar-refractivity contribution in [2.75, 3.05) is 5.32 Å². The summed E-state index contributed by atoms with van der Waals surface area (Å²) in [6.07, 6.45) is 4.80. The topological polar surface area (TPSA) is 67.2 Å². The number of benzene rings is 1. The van der Waals surface area contributed by atoms with Crippen LogP contribution in [0, 0.1) is 17.2 Å². The Kier molecular flexibility index (Phi) is 4.49. The minimum absolute atomic E-state index is 0.114. The summed E-state index contributed by atoms with van der Waals surface area (Å²) in [7, 11) is 0. The summed E-state index contributed by atoms with van der Waals surface area (Å²) >= 11 is 0. The first-order chi connectivity index (χ1) is 12.7. The van der Waals surface area contributed by atoms with Crippen molar-refractivity contribution in [3.05, 3.63) is 23.5 Å². The predicted molar refractivity (Wildman–Crippen MR) is 103 cm³/mol. The summed E-state index contributed by atoms with van der Waals surface area (Å²) in [5.74, 6) is 0.0948. The highest BCUT2D eigenvalue weighted by Crippen LogP contribution is 2.43. The standard InChI is InChI=1S/C21H28FN3O2/c1-21(2,3)11-17(26)23-20-24-18-15(22)9-13(19(27)12-7-8-12)10-16(18)25(20)14-5-4-6-14/h9-10,12,14,19,27H,4-8,11H2,1-3H3,(H,23,24,26). The highest BCUT2D eigenvalue weighted by molar-refractivity contribution is 5.92. The minimum Gasteiger partial charge on any atom is -0.388 e. The third-order valence-electron chi connectivity index (χ3n) is 5.56. The average Bonchev–Trinajstić information content (AvgIpc) is 3.29. The summed E-state index contributed by atoms with van der Waals surface area (Å²) in [6, 6.07) is 3.46. The van der Waals surface area contributed by atoms with E-state index in [0.29, 0.717) is 23.4 Å². The van der Waals surface area contributed by atoms with Crippen LogP contribution in [0.5, 0.6) is 0 Å². The molecule has 5 nitrogen and oxygen atoms in total. The molecule has 2 aromatic rings. The number of amides is 1. The van der Waals surface area contributed by atoms with Crippen LogP contribution in [0.3, 0.4) is 0 Å². The molecule has 1 amide bonds. The second kappa shape index (κ2) is 6.59. The molecule has 146 valence electrons. The monoisotopic (exact) mass is 373 g/mol. The number of rotatable bonds is 5. The number of hydrogen-bond acceptors (Lipinski definition) is 3. The molecule has 27 heavy (non-hydrogen) atoms. The van der Waals surface area contributed by atoms with Crippen molar-refractivity contribution >= 4 is 22.9 Å². The van der Waals surface area contributed by atoms with Crippen molar-refractivity contribution in [2.24, 2.45) is 11.3 Å². The van der Waals surface area contributed by atoms with Crippen LogP contribution in [0.4, 0.5) is 10.3 Å². The van der Waals surface area contributed by atoms with Gasteiger partial charge in [-0.1, -0.05) is 20.8 Å². The lowest BCUT2D eigenvalue weighted by atomic mass is 9.92. The van der Waals surface area contributed by atoms with Gasteiger partial charge in [-0.2, -0.15) is 0 Å². The Morgan fingerprint density at radius 3 is 2.59 bits per heavy atom. The Morgan fingerprint density at radius 2 is 2.04 bits per heavy atom. The summed E-state index contributed by atoms with van der Waals surface area (Å²) in [5.41, 5.74) is 1.40. The number of hydrogen-bond donors (Lipinski definition) is 2. The summed E-state index contributed by atoms with van der Waals surface area (Å²) < 4.78 is 16.7. The van der Waals surface area contributed by atoms with Crippen molar-refractivity contribution in [1.29, 1.82) is 0 Å². The van der Waals surface area contributed by atoms with Gasteiger partial charge in [0.15, 0.2) is 5.82 Å². The van der Waals surface area contributed by atoms with Crippen LogP contribution in [-0.2, 0) is 4.79 Å². The maximum Gasteiger partial charge on any atom is 0.227 e. The molecule has 1 heterocycles. The number of halogens is 1. The number of aliphatic hydroxyl groups excluding tert-OH is 1. The van der Waals surface area contributed by atoms with Gasteiger partial charge in [-0.25, -0.2) is 9.37 Å². The molecule has 1 aromatic heterocycles.